The molecule has 0 aliphatic heterocycles. The Labute approximate surface area is 81.3 Å². The molecule has 3 nitrogen and oxygen atoms in total. The minimum atomic E-state index is -0.0402. The van der Waals surface area contributed by atoms with Crippen molar-refractivity contribution in [2.45, 2.75) is 0 Å². The Hall–Kier alpha value is -1.90. The maximum atomic E-state index is 10.1. The van der Waals surface area contributed by atoms with Crippen LogP contribution in [0.15, 0.2) is 36.7 Å². The number of hydrogen-bond donors (Lipinski definition) is 0. The summed E-state index contributed by atoms with van der Waals surface area (Å²) in [6.45, 7) is -0.0402. The zero-order chi connectivity index (χ0) is 9.80. The van der Waals surface area contributed by atoms with Crippen LogP contribution < -0.4 is 4.74 Å². The Morgan fingerprint density at radius 1 is 1.36 bits per heavy atom. The summed E-state index contributed by atoms with van der Waals surface area (Å²) in [5, 5.41) is 1.95. The predicted octanol–water partition coefficient (Wildman–Crippen LogP) is 1.72. The highest BCUT2D eigenvalue weighted by molar-refractivity contribution is 5.87. The lowest BCUT2D eigenvalue weighted by atomic mass is 10.1. The fraction of sp³-hybridized carbons (Fsp3) is 0.0909. The number of ether oxygens (including phenoxy) is 1. The van der Waals surface area contributed by atoms with Gasteiger partial charge in [-0.1, -0.05) is 12.1 Å². The van der Waals surface area contributed by atoms with Gasteiger partial charge in [-0.25, -0.2) is 0 Å². The highest BCUT2D eigenvalue weighted by Gasteiger charge is 2.00. The summed E-state index contributed by atoms with van der Waals surface area (Å²) < 4.78 is 5.22. The van der Waals surface area contributed by atoms with E-state index < -0.39 is 0 Å². The van der Waals surface area contributed by atoms with Crippen molar-refractivity contribution in [3.8, 4) is 5.75 Å². The van der Waals surface area contributed by atoms with Gasteiger partial charge < -0.3 is 4.74 Å². The van der Waals surface area contributed by atoms with E-state index >= 15 is 0 Å². The summed E-state index contributed by atoms with van der Waals surface area (Å²) in [4.78, 5) is 14.1. The van der Waals surface area contributed by atoms with E-state index in [-0.39, 0.29) is 6.61 Å². The lowest BCUT2D eigenvalue weighted by Gasteiger charge is -2.05. The zero-order valence-corrected chi connectivity index (χ0v) is 7.43. The van der Waals surface area contributed by atoms with Gasteiger partial charge in [0, 0.05) is 23.2 Å². The first-order valence-electron chi connectivity index (χ1n) is 4.22. The van der Waals surface area contributed by atoms with Crippen LogP contribution in [0.2, 0.25) is 0 Å². The number of pyridine rings is 1. The van der Waals surface area contributed by atoms with E-state index in [4.69, 9.17) is 4.74 Å². The van der Waals surface area contributed by atoms with Crippen molar-refractivity contribution in [1.82, 2.24) is 4.98 Å². The Morgan fingerprint density at radius 2 is 2.29 bits per heavy atom. The number of fused-ring (bicyclic) bond motifs is 1. The van der Waals surface area contributed by atoms with Gasteiger partial charge >= 0.3 is 0 Å². The van der Waals surface area contributed by atoms with E-state index in [9.17, 15) is 4.79 Å². The average Bonchev–Trinajstić information content (AvgIpc) is 2.26. The Balaban J connectivity index is 2.48. The number of benzene rings is 1. The first kappa shape index (κ1) is 8.69. The predicted molar refractivity (Wildman–Crippen MR) is 52.9 cm³/mol. The van der Waals surface area contributed by atoms with Crippen molar-refractivity contribution in [3.05, 3.63) is 36.7 Å². The highest BCUT2D eigenvalue weighted by atomic mass is 16.5. The Morgan fingerprint density at radius 3 is 3.14 bits per heavy atom. The second kappa shape index (κ2) is 3.87. The maximum Gasteiger partial charge on any atom is 0.239 e. The van der Waals surface area contributed by atoms with E-state index in [1.165, 1.54) is 0 Å². The number of rotatable bonds is 3. The molecule has 1 aromatic heterocycles. The first-order valence-corrected chi connectivity index (χ1v) is 4.22. The molecule has 0 aliphatic carbocycles. The third kappa shape index (κ3) is 1.57. The molecule has 0 saturated carbocycles. The molecule has 0 aliphatic rings. The number of hydrogen-bond acceptors (Lipinski definition) is 3. The second-order valence-electron chi connectivity index (χ2n) is 2.79. The van der Waals surface area contributed by atoms with E-state index in [2.05, 4.69) is 4.98 Å². The quantitative estimate of drug-likeness (QED) is 0.732. The smallest absolute Gasteiger partial charge is 0.239 e. The van der Waals surface area contributed by atoms with Crippen molar-refractivity contribution >= 4 is 17.1 Å². The molecule has 0 spiro atoms. The van der Waals surface area contributed by atoms with E-state index in [0.717, 1.165) is 10.8 Å². The van der Waals surface area contributed by atoms with Crippen LogP contribution in [0, 0.1) is 0 Å². The standard InChI is InChI=1S/C11H8NO2/c13-6-7-14-11-3-1-2-9-8-12-5-4-10(9)11/h1-5,8H,7H2. The van der Waals surface area contributed by atoms with Crippen LogP contribution in [0.25, 0.3) is 10.8 Å². The van der Waals surface area contributed by atoms with Crippen LogP contribution in [0.3, 0.4) is 0 Å². The van der Waals surface area contributed by atoms with Gasteiger partial charge in [-0.2, -0.15) is 0 Å². The molecule has 1 radical (unpaired) electrons. The third-order valence-corrected chi connectivity index (χ3v) is 1.93. The van der Waals surface area contributed by atoms with E-state index in [0.29, 0.717) is 5.75 Å². The molecular weight excluding hydrogens is 178 g/mol. The molecule has 0 saturated heterocycles. The normalized spacial score (nSPS) is 10.0. The fourth-order valence-corrected chi connectivity index (χ4v) is 1.33. The Kier molecular flexibility index (Phi) is 2.40. The molecule has 2 aromatic rings. The average molecular weight is 186 g/mol. The lowest BCUT2D eigenvalue weighted by molar-refractivity contribution is 0.369. The van der Waals surface area contributed by atoms with Crippen LogP contribution in [0.5, 0.6) is 5.75 Å². The fourth-order valence-electron chi connectivity index (χ4n) is 1.33. The van der Waals surface area contributed by atoms with Gasteiger partial charge in [-0.15, -0.1) is 0 Å². The van der Waals surface area contributed by atoms with Crippen molar-refractivity contribution in [2.75, 3.05) is 6.61 Å². The molecule has 1 heterocycles. The second-order valence-corrected chi connectivity index (χ2v) is 2.79. The molecular formula is C11H8NO2. The molecule has 0 N–H and O–H groups in total. The minimum absolute atomic E-state index is 0.0402. The van der Waals surface area contributed by atoms with Crippen LogP contribution in [0.1, 0.15) is 0 Å². The monoisotopic (exact) mass is 186 g/mol. The molecule has 0 bridgehead atoms. The molecule has 0 unspecified atom stereocenters. The van der Waals surface area contributed by atoms with Crippen molar-refractivity contribution in [1.29, 1.82) is 0 Å². The molecule has 14 heavy (non-hydrogen) atoms. The molecule has 3 heteroatoms. The summed E-state index contributed by atoms with van der Waals surface area (Å²) >= 11 is 0. The highest BCUT2D eigenvalue weighted by Crippen LogP contribution is 2.23. The lowest BCUT2D eigenvalue weighted by Crippen LogP contribution is -1.97. The SMILES string of the molecule is O=[C]COc1cccc2cnccc12. The zero-order valence-electron chi connectivity index (χ0n) is 7.43. The minimum Gasteiger partial charge on any atom is -0.485 e. The van der Waals surface area contributed by atoms with Crippen LogP contribution >= 0.6 is 0 Å². The van der Waals surface area contributed by atoms with Crippen LogP contribution in [-0.4, -0.2) is 17.9 Å². The number of nitrogens with zero attached hydrogens (tertiary/aromatic N) is 1. The molecule has 0 atom stereocenters. The van der Waals surface area contributed by atoms with Gasteiger partial charge in [0.05, 0.1) is 0 Å². The summed E-state index contributed by atoms with van der Waals surface area (Å²) in [5.74, 6) is 0.688. The van der Waals surface area contributed by atoms with E-state index in [1.807, 2.05) is 24.3 Å². The van der Waals surface area contributed by atoms with Crippen molar-refractivity contribution in [2.24, 2.45) is 0 Å². The molecule has 69 valence electrons. The number of carbonyl (C=O) groups excluding carboxylic acids is 1. The first-order chi connectivity index (χ1) is 6.92. The molecule has 0 fully saturated rings. The van der Waals surface area contributed by atoms with Crippen molar-refractivity contribution in [3.63, 3.8) is 0 Å². The summed E-state index contributed by atoms with van der Waals surface area (Å²) in [7, 11) is 0. The van der Waals surface area contributed by atoms with Crippen LogP contribution in [0.4, 0.5) is 0 Å². The topological polar surface area (TPSA) is 39.2 Å². The van der Waals surface area contributed by atoms with Gasteiger partial charge in [0.2, 0.25) is 6.29 Å². The van der Waals surface area contributed by atoms with Gasteiger partial charge in [0.25, 0.3) is 0 Å². The molecule has 2 rings (SSSR count). The summed E-state index contributed by atoms with van der Waals surface area (Å²) in [5.41, 5.74) is 0. The largest absolute Gasteiger partial charge is 0.485 e. The molecule has 0 amide bonds. The summed E-state index contributed by atoms with van der Waals surface area (Å²) in [6.07, 6.45) is 5.14. The van der Waals surface area contributed by atoms with E-state index in [1.54, 1.807) is 18.7 Å². The van der Waals surface area contributed by atoms with Gasteiger partial charge in [-0.05, 0) is 12.1 Å². The van der Waals surface area contributed by atoms with Gasteiger partial charge in [0.15, 0.2) is 6.61 Å². The maximum absolute atomic E-state index is 10.1. The van der Waals surface area contributed by atoms with Gasteiger partial charge in [-0.3, -0.25) is 9.78 Å². The molecule has 1 aromatic carbocycles. The third-order valence-electron chi connectivity index (χ3n) is 1.93. The summed E-state index contributed by atoms with van der Waals surface area (Å²) in [6, 6.07) is 7.49. The Bertz CT molecular complexity index is 448. The van der Waals surface area contributed by atoms with Crippen molar-refractivity contribution < 1.29 is 9.53 Å². The number of aromatic nitrogens is 1. The van der Waals surface area contributed by atoms with Gasteiger partial charge in [0.1, 0.15) is 5.75 Å². The van der Waals surface area contributed by atoms with Crippen LogP contribution in [-0.2, 0) is 4.79 Å².